The molecule has 3 nitrogen and oxygen atoms in total. The molecule has 1 heterocycles. The second-order valence-electron chi connectivity index (χ2n) is 4.69. The van der Waals surface area contributed by atoms with E-state index in [1.54, 1.807) is 11.3 Å². The van der Waals surface area contributed by atoms with Gasteiger partial charge < -0.3 is 10.6 Å². The second-order valence-corrected chi connectivity index (χ2v) is 5.67. The van der Waals surface area contributed by atoms with Gasteiger partial charge in [0, 0.05) is 12.1 Å². The van der Waals surface area contributed by atoms with Crippen molar-refractivity contribution in [3.8, 4) is 0 Å². The molecule has 0 bridgehead atoms. The molecule has 0 aliphatic heterocycles. The van der Waals surface area contributed by atoms with Gasteiger partial charge in [0.05, 0.1) is 4.88 Å². The van der Waals surface area contributed by atoms with Crippen LogP contribution in [0.25, 0.3) is 0 Å². The Labute approximate surface area is 124 Å². The fourth-order valence-corrected chi connectivity index (χ4v) is 2.96. The van der Waals surface area contributed by atoms with E-state index in [-0.39, 0.29) is 11.9 Å². The van der Waals surface area contributed by atoms with Crippen molar-refractivity contribution in [2.24, 2.45) is 0 Å². The molecule has 20 heavy (non-hydrogen) atoms. The Hall–Kier alpha value is -1.65. The molecule has 1 atom stereocenters. The van der Waals surface area contributed by atoms with Gasteiger partial charge in [-0.2, -0.15) is 0 Å². The number of amides is 1. The van der Waals surface area contributed by atoms with Crippen LogP contribution in [0.1, 0.15) is 29.8 Å². The Morgan fingerprint density at radius 3 is 2.70 bits per heavy atom. The Kier molecular flexibility index (Phi) is 5.77. The zero-order chi connectivity index (χ0) is 14.2. The highest BCUT2D eigenvalue weighted by Crippen LogP contribution is 2.22. The summed E-state index contributed by atoms with van der Waals surface area (Å²) in [5, 5.41) is 7.10. The van der Waals surface area contributed by atoms with E-state index in [2.05, 4.69) is 47.2 Å². The molecule has 1 amide bonds. The zero-order valence-electron chi connectivity index (χ0n) is 11.7. The first kappa shape index (κ1) is 14.8. The molecule has 4 heteroatoms. The number of nitrogens with two attached hydrogens (primary N) is 1. The molecule has 2 rings (SSSR count). The molecule has 0 radical (unpaired) electrons. The molecule has 106 valence electrons. The summed E-state index contributed by atoms with van der Waals surface area (Å²) in [6.07, 6.45) is 0.971. The average Bonchev–Trinajstić information content (AvgIpc) is 3.00. The molecule has 0 saturated carbocycles. The molecule has 0 saturated heterocycles. The van der Waals surface area contributed by atoms with Crippen molar-refractivity contribution < 1.29 is 10.1 Å². The summed E-state index contributed by atoms with van der Waals surface area (Å²) in [6, 6.07) is 14.7. The first-order valence-corrected chi connectivity index (χ1v) is 7.87. The molecule has 3 N–H and O–H groups in total. The maximum absolute atomic E-state index is 11.8. The van der Waals surface area contributed by atoms with Crippen LogP contribution in [0.2, 0.25) is 0 Å². The Morgan fingerprint density at radius 2 is 2.05 bits per heavy atom. The summed E-state index contributed by atoms with van der Waals surface area (Å²) >= 11 is 1.73. The van der Waals surface area contributed by atoms with Crippen LogP contribution in [0.3, 0.4) is 0 Å². The summed E-state index contributed by atoms with van der Waals surface area (Å²) in [7, 11) is 0. The van der Waals surface area contributed by atoms with Gasteiger partial charge in [-0.25, -0.2) is 0 Å². The Balaban J connectivity index is 2.03. The van der Waals surface area contributed by atoms with Gasteiger partial charge in [0.1, 0.15) is 6.04 Å². The van der Waals surface area contributed by atoms with Gasteiger partial charge in [0.25, 0.3) is 5.91 Å². The normalized spacial score (nSPS) is 12.1. The number of benzene rings is 1. The molecule has 0 aliphatic rings. The first-order valence-electron chi connectivity index (χ1n) is 6.99. The number of hydrogen-bond donors (Lipinski definition) is 2. The number of nitrogens with one attached hydrogen (secondary N) is 1. The van der Waals surface area contributed by atoms with Crippen molar-refractivity contribution >= 4 is 17.2 Å². The topological polar surface area (TPSA) is 45.7 Å². The SMILES string of the molecule is CCCNC(=O)C[NH2+][C@H](c1ccccc1)c1cccs1. The maximum atomic E-state index is 11.8. The third kappa shape index (κ3) is 4.18. The smallest absolute Gasteiger partial charge is 0.275 e. The molecule has 1 aromatic heterocycles. The summed E-state index contributed by atoms with van der Waals surface area (Å²) < 4.78 is 0. The molecular weight excluding hydrogens is 268 g/mol. The van der Waals surface area contributed by atoms with Crippen LogP contribution in [0.5, 0.6) is 0 Å². The maximum Gasteiger partial charge on any atom is 0.275 e. The van der Waals surface area contributed by atoms with Gasteiger partial charge in [0.2, 0.25) is 0 Å². The number of thiophene rings is 1. The molecule has 1 aromatic carbocycles. The number of carbonyl (C=O) groups excluding carboxylic acids is 1. The average molecular weight is 289 g/mol. The third-order valence-corrected chi connectivity index (χ3v) is 4.07. The summed E-state index contributed by atoms with van der Waals surface area (Å²) in [5.74, 6) is 0.101. The van der Waals surface area contributed by atoms with Gasteiger partial charge in [-0.1, -0.05) is 43.3 Å². The summed E-state index contributed by atoms with van der Waals surface area (Å²) in [4.78, 5) is 13.0. The quantitative estimate of drug-likeness (QED) is 0.804. The zero-order valence-corrected chi connectivity index (χ0v) is 12.5. The van der Waals surface area contributed by atoms with Gasteiger partial charge in [-0.05, 0) is 17.9 Å². The monoisotopic (exact) mass is 289 g/mol. The summed E-state index contributed by atoms with van der Waals surface area (Å²) in [6.45, 7) is 3.27. The van der Waals surface area contributed by atoms with Crippen LogP contribution >= 0.6 is 11.3 Å². The van der Waals surface area contributed by atoms with Crippen molar-refractivity contribution in [3.63, 3.8) is 0 Å². The van der Waals surface area contributed by atoms with E-state index in [1.165, 1.54) is 10.4 Å². The van der Waals surface area contributed by atoms with Gasteiger partial charge in [-0.3, -0.25) is 4.79 Å². The van der Waals surface area contributed by atoms with Crippen LogP contribution in [0.4, 0.5) is 0 Å². The standard InChI is InChI=1S/C16H20N2OS/c1-2-10-17-15(19)12-18-16(14-9-6-11-20-14)13-7-4-3-5-8-13/h3-9,11,16,18H,2,10,12H2,1H3,(H,17,19)/p+1/t16-/m1/s1. The summed E-state index contributed by atoms with van der Waals surface area (Å²) in [5.41, 5.74) is 1.23. The molecule has 2 aromatic rings. The molecular formula is C16H21N2OS+. The number of carbonyl (C=O) groups is 1. The number of hydrogen-bond acceptors (Lipinski definition) is 2. The predicted octanol–water partition coefficient (Wildman–Crippen LogP) is 1.93. The Morgan fingerprint density at radius 1 is 1.25 bits per heavy atom. The second kappa shape index (κ2) is 7.82. The van der Waals surface area contributed by atoms with E-state index in [1.807, 2.05) is 18.2 Å². The predicted molar refractivity (Wildman–Crippen MR) is 82.7 cm³/mol. The van der Waals surface area contributed by atoms with E-state index >= 15 is 0 Å². The van der Waals surface area contributed by atoms with Gasteiger partial charge in [0.15, 0.2) is 6.54 Å². The highest BCUT2D eigenvalue weighted by molar-refractivity contribution is 7.10. The highest BCUT2D eigenvalue weighted by atomic mass is 32.1. The minimum absolute atomic E-state index is 0.101. The van der Waals surface area contributed by atoms with Crippen molar-refractivity contribution in [3.05, 3.63) is 58.3 Å². The minimum atomic E-state index is 0.101. The van der Waals surface area contributed by atoms with E-state index in [0.29, 0.717) is 6.54 Å². The molecule has 0 aliphatic carbocycles. The largest absolute Gasteiger partial charge is 0.351 e. The number of quaternary nitrogens is 1. The van der Waals surface area contributed by atoms with E-state index in [4.69, 9.17) is 0 Å². The molecule has 0 spiro atoms. The minimum Gasteiger partial charge on any atom is -0.351 e. The highest BCUT2D eigenvalue weighted by Gasteiger charge is 2.19. The lowest BCUT2D eigenvalue weighted by Gasteiger charge is -2.14. The van der Waals surface area contributed by atoms with Crippen molar-refractivity contribution in [2.75, 3.05) is 13.1 Å². The fraction of sp³-hybridized carbons (Fsp3) is 0.312. The number of rotatable bonds is 7. The van der Waals surface area contributed by atoms with Crippen LogP contribution in [0.15, 0.2) is 47.8 Å². The first-order chi connectivity index (χ1) is 9.81. The van der Waals surface area contributed by atoms with Crippen molar-refractivity contribution in [1.29, 1.82) is 0 Å². The fourth-order valence-electron chi connectivity index (χ4n) is 2.11. The van der Waals surface area contributed by atoms with Crippen LogP contribution in [0, 0.1) is 0 Å². The van der Waals surface area contributed by atoms with E-state index in [9.17, 15) is 4.79 Å². The van der Waals surface area contributed by atoms with E-state index in [0.717, 1.165) is 13.0 Å². The Bertz CT molecular complexity index is 511. The van der Waals surface area contributed by atoms with Crippen LogP contribution < -0.4 is 10.6 Å². The van der Waals surface area contributed by atoms with Crippen LogP contribution in [-0.4, -0.2) is 19.0 Å². The van der Waals surface area contributed by atoms with E-state index < -0.39 is 0 Å². The molecule has 0 unspecified atom stereocenters. The lowest BCUT2D eigenvalue weighted by atomic mass is 10.1. The van der Waals surface area contributed by atoms with Gasteiger partial charge >= 0.3 is 0 Å². The van der Waals surface area contributed by atoms with Crippen molar-refractivity contribution in [2.45, 2.75) is 19.4 Å². The third-order valence-electron chi connectivity index (χ3n) is 3.12. The lowest BCUT2D eigenvalue weighted by molar-refractivity contribution is -0.676. The lowest BCUT2D eigenvalue weighted by Crippen LogP contribution is -2.87. The van der Waals surface area contributed by atoms with Gasteiger partial charge in [-0.15, -0.1) is 11.3 Å². The van der Waals surface area contributed by atoms with Crippen LogP contribution in [-0.2, 0) is 4.79 Å². The molecule has 0 fully saturated rings. The van der Waals surface area contributed by atoms with Crippen molar-refractivity contribution in [1.82, 2.24) is 5.32 Å².